The van der Waals surface area contributed by atoms with Gasteiger partial charge in [0.25, 0.3) is 0 Å². The summed E-state index contributed by atoms with van der Waals surface area (Å²) in [6.45, 7) is 10.7. The van der Waals surface area contributed by atoms with Gasteiger partial charge in [0.1, 0.15) is 12.0 Å². The molecule has 0 radical (unpaired) electrons. The van der Waals surface area contributed by atoms with Crippen molar-refractivity contribution >= 4 is 5.96 Å². The minimum atomic E-state index is 0.544. The van der Waals surface area contributed by atoms with E-state index in [1.807, 2.05) is 6.07 Å². The maximum absolute atomic E-state index is 4.87. The third kappa shape index (κ3) is 5.06. The molecule has 0 spiro atoms. The van der Waals surface area contributed by atoms with Gasteiger partial charge in [-0.25, -0.2) is 4.99 Å². The maximum Gasteiger partial charge on any atom is 0.194 e. The first-order chi connectivity index (χ1) is 12.2. The number of aromatic nitrogens is 1. The van der Waals surface area contributed by atoms with Crippen LogP contribution in [-0.2, 0) is 13.1 Å². The average Bonchev–Trinajstić information content (AvgIpc) is 3.13. The molecule has 0 saturated carbocycles. The quantitative estimate of drug-likeness (QED) is 0.668. The number of hydrogen-bond donors (Lipinski definition) is 1. The van der Waals surface area contributed by atoms with Crippen molar-refractivity contribution in [2.24, 2.45) is 4.99 Å². The van der Waals surface area contributed by atoms with Crippen LogP contribution in [0.15, 0.2) is 46.1 Å². The van der Waals surface area contributed by atoms with E-state index >= 15 is 0 Å². The van der Waals surface area contributed by atoms with Gasteiger partial charge < -0.3 is 14.7 Å². The monoisotopic (exact) mass is 341 g/mol. The van der Waals surface area contributed by atoms with Crippen LogP contribution in [-0.4, -0.2) is 53.6 Å². The summed E-state index contributed by atoms with van der Waals surface area (Å²) in [6, 6.07) is 10.6. The van der Waals surface area contributed by atoms with Crippen LogP contribution in [0, 0.1) is 6.92 Å². The molecule has 0 amide bonds. The van der Waals surface area contributed by atoms with E-state index in [9.17, 15) is 0 Å². The van der Waals surface area contributed by atoms with E-state index < -0.39 is 0 Å². The highest BCUT2D eigenvalue weighted by Crippen LogP contribution is 2.11. The predicted octanol–water partition coefficient (Wildman–Crippen LogP) is 2.27. The molecule has 25 heavy (non-hydrogen) atoms. The molecule has 2 aromatic rings. The number of rotatable bonds is 5. The highest BCUT2D eigenvalue weighted by molar-refractivity contribution is 5.80. The predicted molar refractivity (Wildman–Crippen MR) is 99.3 cm³/mol. The van der Waals surface area contributed by atoms with Crippen molar-refractivity contribution in [1.29, 1.82) is 0 Å². The van der Waals surface area contributed by atoms with Crippen LogP contribution in [0.3, 0.4) is 0 Å². The number of piperazine rings is 1. The molecule has 6 nitrogen and oxygen atoms in total. The highest BCUT2D eigenvalue weighted by Gasteiger charge is 2.19. The zero-order chi connectivity index (χ0) is 17.5. The first kappa shape index (κ1) is 17.5. The van der Waals surface area contributed by atoms with Gasteiger partial charge in [-0.05, 0) is 19.4 Å². The van der Waals surface area contributed by atoms with E-state index in [0.717, 1.165) is 50.9 Å². The fourth-order valence-corrected chi connectivity index (χ4v) is 3.09. The fourth-order valence-electron chi connectivity index (χ4n) is 3.09. The second-order valence-corrected chi connectivity index (χ2v) is 6.41. The molecule has 3 rings (SSSR count). The summed E-state index contributed by atoms with van der Waals surface area (Å²) in [5, 5.41) is 7.31. The molecule has 134 valence electrons. The minimum absolute atomic E-state index is 0.544. The fraction of sp³-hybridized carbons (Fsp3) is 0.474. The van der Waals surface area contributed by atoms with Crippen LogP contribution < -0.4 is 5.32 Å². The molecule has 1 aromatic carbocycles. The van der Waals surface area contributed by atoms with Gasteiger partial charge in [-0.3, -0.25) is 4.90 Å². The summed E-state index contributed by atoms with van der Waals surface area (Å²) >= 11 is 0. The smallest absolute Gasteiger partial charge is 0.194 e. The lowest BCUT2D eigenvalue weighted by Gasteiger charge is -2.36. The van der Waals surface area contributed by atoms with Crippen molar-refractivity contribution in [1.82, 2.24) is 20.3 Å². The molecular weight excluding hydrogens is 314 g/mol. The van der Waals surface area contributed by atoms with E-state index in [4.69, 9.17) is 9.52 Å². The lowest BCUT2D eigenvalue weighted by molar-refractivity contribution is 0.172. The Kier molecular flexibility index (Phi) is 6.06. The lowest BCUT2D eigenvalue weighted by atomic mass is 10.1. The van der Waals surface area contributed by atoms with Crippen molar-refractivity contribution < 1.29 is 4.52 Å². The zero-order valence-corrected chi connectivity index (χ0v) is 15.1. The molecule has 0 aliphatic carbocycles. The number of hydrogen-bond acceptors (Lipinski definition) is 4. The van der Waals surface area contributed by atoms with Gasteiger partial charge in [0.15, 0.2) is 5.96 Å². The SMILES string of the molecule is CCNC(=NCc1ccon1)N1CCN(Cc2cccc(C)c2)CC1. The second-order valence-electron chi connectivity index (χ2n) is 6.41. The molecule has 1 saturated heterocycles. The molecular formula is C19H27N5O. The molecule has 0 atom stereocenters. The zero-order valence-electron chi connectivity index (χ0n) is 15.1. The molecule has 1 fully saturated rings. The molecule has 0 unspecified atom stereocenters. The Balaban J connectivity index is 1.54. The first-order valence-corrected chi connectivity index (χ1v) is 8.95. The summed E-state index contributed by atoms with van der Waals surface area (Å²) in [4.78, 5) is 9.53. The Hall–Kier alpha value is -2.34. The lowest BCUT2D eigenvalue weighted by Crippen LogP contribution is -2.52. The number of aryl methyl sites for hydroxylation is 1. The van der Waals surface area contributed by atoms with E-state index in [0.29, 0.717) is 6.54 Å². The molecule has 1 aliphatic rings. The largest absolute Gasteiger partial charge is 0.364 e. The Bertz CT molecular complexity index is 675. The summed E-state index contributed by atoms with van der Waals surface area (Å²) < 4.78 is 4.87. The minimum Gasteiger partial charge on any atom is -0.364 e. The third-order valence-electron chi connectivity index (χ3n) is 4.38. The molecule has 1 aliphatic heterocycles. The molecule has 0 bridgehead atoms. The Labute approximate surface area is 149 Å². The van der Waals surface area contributed by atoms with Crippen molar-refractivity contribution in [2.75, 3.05) is 32.7 Å². The van der Waals surface area contributed by atoms with Gasteiger partial charge in [-0.2, -0.15) is 0 Å². The number of benzene rings is 1. The number of aliphatic imine (C=N–C) groups is 1. The van der Waals surface area contributed by atoms with Gasteiger partial charge >= 0.3 is 0 Å². The molecule has 1 N–H and O–H groups in total. The maximum atomic E-state index is 4.87. The Morgan fingerprint density at radius 1 is 1.24 bits per heavy atom. The second kappa shape index (κ2) is 8.67. The van der Waals surface area contributed by atoms with Crippen LogP contribution in [0.4, 0.5) is 0 Å². The Morgan fingerprint density at radius 2 is 2.08 bits per heavy atom. The molecule has 6 heteroatoms. The van der Waals surface area contributed by atoms with Crippen molar-refractivity contribution in [2.45, 2.75) is 26.9 Å². The van der Waals surface area contributed by atoms with Gasteiger partial charge in [0.05, 0.1) is 6.54 Å². The van der Waals surface area contributed by atoms with Crippen molar-refractivity contribution in [3.05, 3.63) is 53.4 Å². The summed E-state index contributed by atoms with van der Waals surface area (Å²) in [6.07, 6.45) is 1.59. The summed E-state index contributed by atoms with van der Waals surface area (Å²) in [7, 11) is 0. The highest BCUT2D eigenvalue weighted by atomic mass is 16.5. The van der Waals surface area contributed by atoms with Crippen LogP contribution >= 0.6 is 0 Å². The molecule has 1 aromatic heterocycles. The van der Waals surface area contributed by atoms with Gasteiger partial charge in [-0.15, -0.1) is 0 Å². The number of guanidine groups is 1. The normalized spacial score (nSPS) is 16.2. The van der Waals surface area contributed by atoms with Crippen LogP contribution in [0.5, 0.6) is 0 Å². The van der Waals surface area contributed by atoms with E-state index in [2.05, 4.69) is 58.4 Å². The van der Waals surface area contributed by atoms with Crippen molar-refractivity contribution in [3.8, 4) is 0 Å². The van der Waals surface area contributed by atoms with Crippen molar-refractivity contribution in [3.63, 3.8) is 0 Å². The van der Waals surface area contributed by atoms with E-state index in [1.54, 1.807) is 6.26 Å². The number of nitrogens with one attached hydrogen (secondary N) is 1. The van der Waals surface area contributed by atoms with E-state index in [-0.39, 0.29) is 0 Å². The van der Waals surface area contributed by atoms with E-state index in [1.165, 1.54) is 11.1 Å². The van der Waals surface area contributed by atoms with Crippen LogP contribution in [0.2, 0.25) is 0 Å². The van der Waals surface area contributed by atoms with Crippen LogP contribution in [0.1, 0.15) is 23.7 Å². The topological polar surface area (TPSA) is 56.9 Å². The molecule has 2 heterocycles. The first-order valence-electron chi connectivity index (χ1n) is 8.95. The average molecular weight is 341 g/mol. The standard InChI is InChI=1S/C19H27N5O/c1-3-20-19(21-14-18-7-12-25-22-18)24-10-8-23(9-11-24)15-17-6-4-5-16(2)13-17/h4-7,12-13H,3,8-11,14-15H2,1-2H3,(H,20,21). The van der Waals surface area contributed by atoms with Gasteiger partial charge in [-0.1, -0.05) is 35.0 Å². The van der Waals surface area contributed by atoms with Gasteiger partial charge in [0.2, 0.25) is 0 Å². The van der Waals surface area contributed by atoms with Crippen LogP contribution in [0.25, 0.3) is 0 Å². The third-order valence-corrected chi connectivity index (χ3v) is 4.38. The summed E-state index contributed by atoms with van der Waals surface area (Å²) in [5.74, 6) is 0.959. The summed E-state index contributed by atoms with van der Waals surface area (Å²) in [5.41, 5.74) is 3.57. The van der Waals surface area contributed by atoms with Gasteiger partial charge in [0, 0.05) is 45.3 Å². The Morgan fingerprint density at radius 3 is 2.76 bits per heavy atom. The number of nitrogens with zero attached hydrogens (tertiary/aromatic N) is 4.